The van der Waals surface area contributed by atoms with Crippen LogP contribution in [-0.4, -0.2) is 24.1 Å². The predicted octanol–water partition coefficient (Wildman–Crippen LogP) is 2.39. The summed E-state index contributed by atoms with van der Waals surface area (Å²) < 4.78 is 32.4. The van der Waals surface area contributed by atoms with Crippen LogP contribution >= 0.6 is 0 Å². The second-order valence-corrected chi connectivity index (χ2v) is 4.15. The van der Waals surface area contributed by atoms with Crippen molar-refractivity contribution in [2.24, 2.45) is 0 Å². The van der Waals surface area contributed by atoms with Crippen molar-refractivity contribution in [1.29, 1.82) is 0 Å². The number of rotatable bonds is 4. The van der Waals surface area contributed by atoms with Gasteiger partial charge in [-0.25, -0.2) is 13.8 Å². The number of imidazole rings is 1. The molecule has 0 aliphatic rings. The van der Waals surface area contributed by atoms with Crippen molar-refractivity contribution in [3.63, 3.8) is 0 Å². The molecule has 0 fully saturated rings. The minimum Gasteiger partial charge on any atom is -0.494 e. The first-order chi connectivity index (χ1) is 9.06. The smallest absolute Gasteiger partial charge is 0.165 e. The fourth-order valence-corrected chi connectivity index (χ4v) is 1.90. The molecule has 19 heavy (non-hydrogen) atoms. The summed E-state index contributed by atoms with van der Waals surface area (Å²) in [4.78, 5) is 7.29. The maximum atomic E-state index is 14.0. The quantitative estimate of drug-likeness (QED) is 0.894. The molecule has 0 spiro atoms. The molecule has 2 rings (SSSR count). The fraction of sp³-hybridized carbons (Fsp3) is 0.308. The van der Waals surface area contributed by atoms with Crippen molar-refractivity contribution in [2.45, 2.75) is 13.5 Å². The van der Waals surface area contributed by atoms with Crippen LogP contribution in [0.3, 0.4) is 0 Å². The average Bonchev–Trinajstić information content (AvgIpc) is 2.73. The van der Waals surface area contributed by atoms with Crippen molar-refractivity contribution in [2.75, 3.05) is 14.2 Å². The molecule has 0 saturated heterocycles. The molecular weight excluding hydrogens is 252 g/mol. The van der Waals surface area contributed by atoms with Gasteiger partial charge in [-0.2, -0.15) is 0 Å². The summed E-state index contributed by atoms with van der Waals surface area (Å²) in [6, 6.07) is 2.12. The number of methoxy groups -OCH3 is 1. The number of ether oxygens (including phenoxy) is 1. The third-order valence-corrected chi connectivity index (χ3v) is 2.77. The van der Waals surface area contributed by atoms with Crippen LogP contribution in [0.2, 0.25) is 0 Å². The molecule has 0 bridgehead atoms. The largest absolute Gasteiger partial charge is 0.494 e. The Morgan fingerprint density at radius 3 is 2.68 bits per heavy atom. The molecule has 2 aromatic rings. The zero-order valence-corrected chi connectivity index (χ0v) is 11.0. The maximum Gasteiger partial charge on any atom is 0.165 e. The van der Waals surface area contributed by atoms with Gasteiger partial charge in [0.1, 0.15) is 11.6 Å². The fourth-order valence-electron chi connectivity index (χ4n) is 1.90. The van der Waals surface area contributed by atoms with Gasteiger partial charge >= 0.3 is 0 Å². The standard InChI is InChI=1S/C13H15F2N3O/c1-7-13(18-12(17-7)6-16-2)8-4-10(15)11(19-3)5-9(8)14/h4-5,16H,6H2,1-3H3,(H,17,18). The Balaban J connectivity index is 2.49. The number of nitrogens with one attached hydrogen (secondary N) is 2. The van der Waals surface area contributed by atoms with E-state index in [2.05, 4.69) is 15.3 Å². The third kappa shape index (κ3) is 2.58. The summed E-state index contributed by atoms with van der Waals surface area (Å²) in [6.07, 6.45) is 0. The summed E-state index contributed by atoms with van der Waals surface area (Å²) in [5.41, 5.74) is 1.22. The molecule has 1 aromatic carbocycles. The first kappa shape index (κ1) is 13.5. The molecule has 102 valence electrons. The number of aromatic amines is 1. The Morgan fingerprint density at radius 1 is 1.32 bits per heavy atom. The van der Waals surface area contributed by atoms with E-state index in [0.717, 1.165) is 12.1 Å². The Morgan fingerprint density at radius 2 is 2.05 bits per heavy atom. The molecule has 2 N–H and O–H groups in total. The van der Waals surface area contributed by atoms with Gasteiger partial charge in [0.25, 0.3) is 0 Å². The van der Waals surface area contributed by atoms with Gasteiger partial charge in [-0.3, -0.25) is 0 Å². The highest BCUT2D eigenvalue weighted by molar-refractivity contribution is 5.64. The number of hydrogen-bond acceptors (Lipinski definition) is 3. The highest BCUT2D eigenvalue weighted by atomic mass is 19.1. The van der Waals surface area contributed by atoms with E-state index in [1.807, 2.05) is 0 Å². The van der Waals surface area contributed by atoms with Crippen molar-refractivity contribution in [3.8, 4) is 17.0 Å². The zero-order chi connectivity index (χ0) is 14.0. The van der Waals surface area contributed by atoms with Crippen LogP contribution < -0.4 is 10.1 Å². The van der Waals surface area contributed by atoms with Gasteiger partial charge in [0, 0.05) is 17.3 Å². The topological polar surface area (TPSA) is 49.9 Å². The number of benzene rings is 1. The van der Waals surface area contributed by atoms with E-state index in [0.29, 0.717) is 23.8 Å². The number of halogens is 2. The Hall–Kier alpha value is -1.95. The lowest BCUT2D eigenvalue weighted by atomic mass is 10.1. The number of aryl methyl sites for hydroxylation is 1. The zero-order valence-electron chi connectivity index (χ0n) is 11.0. The third-order valence-electron chi connectivity index (χ3n) is 2.77. The van der Waals surface area contributed by atoms with Gasteiger partial charge in [-0.15, -0.1) is 0 Å². The van der Waals surface area contributed by atoms with Crippen molar-refractivity contribution in [3.05, 3.63) is 35.3 Å². The number of aromatic nitrogens is 2. The highest BCUT2D eigenvalue weighted by Gasteiger charge is 2.16. The van der Waals surface area contributed by atoms with Crippen molar-refractivity contribution >= 4 is 0 Å². The summed E-state index contributed by atoms with van der Waals surface area (Å²) >= 11 is 0. The van der Waals surface area contributed by atoms with E-state index in [-0.39, 0.29) is 11.3 Å². The number of nitrogens with zero attached hydrogens (tertiary/aromatic N) is 1. The van der Waals surface area contributed by atoms with Crippen molar-refractivity contribution in [1.82, 2.24) is 15.3 Å². The van der Waals surface area contributed by atoms with E-state index >= 15 is 0 Å². The minimum atomic E-state index is -0.614. The minimum absolute atomic E-state index is 0.120. The number of H-pyrrole nitrogens is 1. The molecule has 4 nitrogen and oxygen atoms in total. The van der Waals surface area contributed by atoms with Gasteiger partial charge in [-0.1, -0.05) is 0 Å². The van der Waals surface area contributed by atoms with Crippen LogP contribution in [0.15, 0.2) is 12.1 Å². The van der Waals surface area contributed by atoms with Crippen LogP contribution in [-0.2, 0) is 6.54 Å². The molecule has 0 aliphatic heterocycles. The van der Waals surface area contributed by atoms with Crippen LogP contribution in [0.4, 0.5) is 8.78 Å². The molecule has 0 aliphatic carbocycles. The van der Waals surface area contributed by atoms with Gasteiger partial charge in [0.15, 0.2) is 11.6 Å². The normalized spacial score (nSPS) is 10.8. The van der Waals surface area contributed by atoms with Crippen LogP contribution in [0.1, 0.15) is 11.5 Å². The van der Waals surface area contributed by atoms with Gasteiger partial charge in [-0.05, 0) is 20.0 Å². The lowest BCUT2D eigenvalue weighted by Crippen LogP contribution is -2.06. The lowest BCUT2D eigenvalue weighted by Gasteiger charge is -2.06. The molecule has 0 saturated carbocycles. The summed E-state index contributed by atoms with van der Waals surface area (Å²) in [7, 11) is 3.08. The summed E-state index contributed by atoms with van der Waals surface area (Å²) in [5.74, 6) is -0.629. The molecule has 0 radical (unpaired) electrons. The first-order valence-electron chi connectivity index (χ1n) is 5.80. The first-order valence-corrected chi connectivity index (χ1v) is 5.80. The molecule has 0 amide bonds. The van der Waals surface area contributed by atoms with E-state index in [9.17, 15) is 8.78 Å². The summed E-state index contributed by atoms with van der Waals surface area (Å²) in [6.45, 7) is 2.30. The van der Waals surface area contributed by atoms with Crippen LogP contribution in [0.25, 0.3) is 11.3 Å². The van der Waals surface area contributed by atoms with Gasteiger partial charge < -0.3 is 15.0 Å². The molecule has 0 atom stereocenters. The molecule has 1 aromatic heterocycles. The van der Waals surface area contributed by atoms with E-state index in [1.54, 1.807) is 14.0 Å². The highest BCUT2D eigenvalue weighted by Crippen LogP contribution is 2.29. The number of hydrogen-bond donors (Lipinski definition) is 2. The monoisotopic (exact) mass is 267 g/mol. The molecule has 0 unspecified atom stereocenters. The van der Waals surface area contributed by atoms with E-state index < -0.39 is 11.6 Å². The lowest BCUT2D eigenvalue weighted by molar-refractivity contribution is 0.383. The summed E-state index contributed by atoms with van der Waals surface area (Å²) in [5, 5.41) is 2.94. The van der Waals surface area contributed by atoms with Crippen LogP contribution in [0.5, 0.6) is 5.75 Å². The Labute approximate surface area is 109 Å². The van der Waals surface area contributed by atoms with Gasteiger partial charge in [0.2, 0.25) is 0 Å². The molecular formula is C13H15F2N3O. The van der Waals surface area contributed by atoms with Gasteiger partial charge in [0.05, 0.1) is 19.3 Å². The molecule has 6 heteroatoms. The second kappa shape index (κ2) is 5.36. The second-order valence-electron chi connectivity index (χ2n) is 4.15. The Kier molecular flexibility index (Phi) is 3.80. The molecule has 1 heterocycles. The van der Waals surface area contributed by atoms with E-state index in [4.69, 9.17) is 4.74 Å². The maximum absolute atomic E-state index is 14.0. The Bertz CT molecular complexity index is 596. The van der Waals surface area contributed by atoms with Crippen molar-refractivity contribution < 1.29 is 13.5 Å². The van der Waals surface area contributed by atoms with Crippen LogP contribution in [0, 0.1) is 18.6 Å². The van der Waals surface area contributed by atoms with E-state index in [1.165, 1.54) is 7.11 Å². The predicted molar refractivity (Wildman–Crippen MR) is 68.0 cm³/mol. The SMILES string of the molecule is CNCc1nc(-c2cc(F)c(OC)cc2F)c(C)[nH]1. The average molecular weight is 267 g/mol.